The molecule has 0 aliphatic rings. The number of imidazole rings is 4. The molecule has 0 aliphatic carbocycles. The summed E-state index contributed by atoms with van der Waals surface area (Å²) < 4.78 is 193. The van der Waals surface area contributed by atoms with E-state index in [2.05, 4.69) is 35.9 Å². The number of aryl methyl sites for hydroxylation is 4. The zero-order valence-electron chi connectivity index (χ0n) is 71.7. The van der Waals surface area contributed by atoms with Crippen LogP contribution in [0.25, 0.3) is 43.1 Å². The average molecular weight is 1840 g/mol. The van der Waals surface area contributed by atoms with Crippen molar-refractivity contribution in [2.75, 3.05) is 6.26 Å². The third kappa shape index (κ3) is 25.7. The summed E-state index contributed by atoms with van der Waals surface area (Å²) in [5, 5.41) is 23.7. The molecule has 16 aromatic rings. The van der Waals surface area contributed by atoms with Crippen LogP contribution in [0.5, 0.6) is 46.0 Å². The molecule has 0 radical (unpaired) electrons. The van der Waals surface area contributed by atoms with Crippen molar-refractivity contribution >= 4 is 78.9 Å². The van der Waals surface area contributed by atoms with Gasteiger partial charge in [-0.15, -0.1) is 0 Å². The molecule has 0 saturated carbocycles. The molecule has 132 heavy (non-hydrogen) atoms. The average Bonchev–Trinajstić information content (AvgIpc) is 0.948. The Morgan fingerprint density at radius 1 is 0.341 bits per heavy atom. The topological polar surface area (TPSA) is 259 Å². The quantitative estimate of drug-likeness (QED) is 0.0472. The van der Waals surface area contributed by atoms with Crippen molar-refractivity contribution < 1.29 is 99.8 Å². The van der Waals surface area contributed by atoms with Crippen LogP contribution in [0, 0.1) is 0 Å². The molecule has 0 spiro atoms. The molecule has 35 heteroatoms. The molecule has 6 N–H and O–H groups in total. The van der Waals surface area contributed by atoms with Crippen LogP contribution in [0.4, 0.5) is 56.6 Å². The molecule has 12 aromatic carbocycles. The molecule has 684 valence electrons. The number of carboxylic acid groups (broad SMARTS) is 1. The van der Waals surface area contributed by atoms with E-state index < -0.39 is 52.9 Å². The van der Waals surface area contributed by atoms with Gasteiger partial charge in [-0.1, -0.05) is 48.5 Å². The van der Waals surface area contributed by atoms with E-state index >= 15 is 0 Å². The van der Waals surface area contributed by atoms with Crippen molar-refractivity contribution in [3.8, 4) is 46.0 Å². The third-order valence-electron chi connectivity index (χ3n) is 20.1. The smallest absolute Gasteiger partial charge is 0.416 e. The summed E-state index contributed by atoms with van der Waals surface area (Å²) in [5.41, 5.74) is 4.19. The Kier molecular flexibility index (Phi) is 31.8. The number of hydrogen-bond donors (Lipinski definition) is 5. The molecule has 0 bridgehead atoms. The van der Waals surface area contributed by atoms with Gasteiger partial charge in [0.15, 0.2) is 0 Å². The lowest BCUT2D eigenvalue weighted by atomic mass is 10.1. The van der Waals surface area contributed by atoms with Gasteiger partial charge in [0.25, 0.3) is 17.7 Å². The summed E-state index contributed by atoms with van der Waals surface area (Å²) in [6.45, 7) is 7.49. The first-order chi connectivity index (χ1) is 62.6. The first-order valence-corrected chi connectivity index (χ1v) is 41.2. The second kappa shape index (κ2) is 42.9. The van der Waals surface area contributed by atoms with Crippen molar-refractivity contribution in [2.45, 2.75) is 76.6 Å². The second-order valence-electron chi connectivity index (χ2n) is 29.7. The van der Waals surface area contributed by atoms with E-state index in [1.165, 1.54) is 66.9 Å². The largest absolute Gasteiger partial charge is 0.478 e. The molecular weight excluding hydrogens is 1760 g/mol. The Labute approximate surface area is 751 Å². The van der Waals surface area contributed by atoms with Crippen molar-refractivity contribution in [3.63, 3.8) is 0 Å². The van der Waals surface area contributed by atoms with Crippen LogP contribution < -0.4 is 40.6 Å². The number of carboxylic acids is 1. The molecule has 0 saturated heterocycles. The van der Waals surface area contributed by atoms with Gasteiger partial charge in [0.2, 0.25) is 0 Å². The van der Waals surface area contributed by atoms with Crippen molar-refractivity contribution in [1.29, 1.82) is 0 Å². The number of halogens is 13. The predicted molar refractivity (Wildman–Crippen MR) is 477 cm³/mol. The van der Waals surface area contributed by atoms with Gasteiger partial charge in [0.1, 0.15) is 69.3 Å². The monoisotopic (exact) mass is 1840 g/mol. The number of alkyl halides is 12. The number of carbonyl (C=O) groups excluding carboxylic acids is 3. The van der Waals surface area contributed by atoms with E-state index in [0.717, 1.165) is 104 Å². The Hall–Kier alpha value is -15.0. The highest BCUT2D eigenvalue weighted by atomic mass is 32.2. The fourth-order valence-corrected chi connectivity index (χ4v) is 13.5. The third-order valence-corrected chi connectivity index (χ3v) is 20.1. The normalized spacial score (nSPS) is 12.3. The molecule has 16 rings (SSSR count). The zero-order valence-corrected chi connectivity index (χ0v) is 72.5. The standard InChI is InChI=1S/3C24H20F3N3O2.C18H11F3O3.C6H11N3.CH3FS/c3*1-15(22-28-12-13-30(22)2)29-23(31)17-6-11-20-16(14-17)4-3-5-21(20)32-19-9-7-18(8-10-19)24(25,26)27;19-18(20,21)13-5-7-14(8-6-13)24-16-3-1-2-11-10-12(17(22)23)4-9-15(11)16;1-5(7)6-8-3-4-9(6)2;1-3-2/h3*3-15H,1-2H3,(H,29,31);1-10H,(H,22,23);3-5H,7H2,1-2H3;1H3/t2*15-;;;;/m10..../s1. The first kappa shape index (κ1) is 97.6. The minimum atomic E-state index is -4.40. The molecule has 0 aliphatic heterocycles. The van der Waals surface area contributed by atoms with Gasteiger partial charge in [0, 0.05) is 134 Å². The summed E-state index contributed by atoms with van der Waals surface area (Å²) in [4.78, 5) is 66.0. The van der Waals surface area contributed by atoms with Crippen molar-refractivity contribution in [1.82, 2.24) is 54.2 Å². The van der Waals surface area contributed by atoms with E-state index in [1.54, 1.807) is 140 Å². The van der Waals surface area contributed by atoms with Crippen LogP contribution in [-0.2, 0) is 52.9 Å². The zero-order chi connectivity index (χ0) is 95.5. The van der Waals surface area contributed by atoms with E-state index in [4.69, 9.17) is 29.8 Å². The maximum absolute atomic E-state index is 12.8. The number of benzene rings is 12. The number of aromatic nitrogens is 8. The first-order valence-electron chi connectivity index (χ1n) is 40.1. The summed E-state index contributed by atoms with van der Waals surface area (Å²) in [5.74, 6) is 4.40. The van der Waals surface area contributed by atoms with Gasteiger partial charge < -0.3 is 64.0 Å². The maximum Gasteiger partial charge on any atom is 0.416 e. The van der Waals surface area contributed by atoms with Crippen LogP contribution in [-0.4, -0.2) is 73.3 Å². The lowest BCUT2D eigenvalue weighted by Gasteiger charge is -2.15. The van der Waals surface area contributed by atoms with E-state index in [9.17, 15) is 75.7 Å². The highest BCUT2D eigenvalue weighted by Gasteiger charge is 2.34. The molecule has 4 aromatic heterocycles. The van der Waals surface area contributed by atoms with Crippen molar-refractivity contribution in [2.24, 2.45) is 33.9 Å². The summed E-state index contributed by atoms with van der Waals surface area (Å²) in [6, 6.07) is 58.4. The van der Waals surface area contributed by atoms with Crippen LogP contribution in [0.3, 0.4) is 0 Å². The SMILES string of the molecule is CC(N)c1nccn1C.CC(NC(=O)c1ccc2c(Oc3ccc(C(F)(F)F)cc3)cccc2c1)c1nccn1C.CSF.C[C@@H](NC(=O)c1ccc2c(Oc3ccc(C(F)(F)F)cc3)cccc2c1)c1nccn1C.C[C@H](NC(=O)c1ccc2c(Oc3ccc(C(F)(F)F)cc3)cccc2c1)c1nccn1C.O=C(O)c1ccc2c(Oc3ccc(C(F)(F)F)cc3)cccc2c1. The van der Waals surface area contributed by atoms with Crippen molar-refractivity contribution in [3.05, 3.63) is 360 Å². The number of amides is 3. The van der Waals surface area contributed by atoms with Gasteiger partial charge >= 0.3 is 30.7 Å². The number of ether oxygens (including phenoxy) is 4. The lowest BCUT2D eigenvalue weighted by Crippen LogP contribution is -2.28. The van der Waals surface area contributed by atoms with Crippen LogP contribution in [0.1, 0.15) is 139 Å². The number of nitrogens with one attached hydrogen (secondary N) is 3. The molecule has 3 amide bonds. The Morgan fingerprint density at radius 3 is 0.742 bits per heavy atom. The van der Waals surface area contributed by atoms with Gasteiger partial charge in [-0.2, -0.15) is 56.6 Å². The Morgan fingerprint density at radius 2 is 0.553 bits per heavy atom. The minimum absolute atomic E-state index is 0.0324. The number of aromatic carboxylic acids is 1. The number of nitrogens with two attached hydrogens (primary N) is 1. The number of fused-ring (bicyclic) bond motifs is 4. The van der Waals surface area contributed by atoms with E-state index in [-0.39, 0.29) is 82.6 Å². The molecule has 21 nitrogen and oxygen atoms in total. The number of carbonyl (C=O) groups is 4. The summed E-state index contributed by atoms with van der Waals surface area (Å²) in [7, 11) is 7.52. The highest BCUT2D eigenvalue weighted by molar-refractivity contribution is 7.93. The van der Waals surface area contributed by atoms with Gasteiger partial charge in [-0.05, 0) is 243 Å². The Bertz CT molecular complexity index is 6190. The van der Waals surface area contributed by atoms with Crippen LogP contribution in [0.15, 0.2) is 292 Å². The highest BCUT2D eigenvalue weighted by Crippen LogP contribution is 2.40. The van der Waals surface area contributed by atoms with Gasteiger partial charge in [-0.25, -0.2) is 24.7 Å². The summed E-state index contributed by atoms with van der Waals surface area (Å²) in [6.07, 6.45) is -2.13. The summed E-state index contributed by atoms with van der Waals surface area (Å²) >= 11 is 0.250. The number of rotatable bonds is 19. The molecular formula is C97H85F13N12O9S. The fourth-order valence-electron chi connectivity index (χ4n) is 13.5. The Balaban J connectivity index is 0.000000163. The predicted octanol–water partition coefficient (Wildman–Crippen LogP) is 24.6. The molecule has 4 atom stereocenters. The maximum atomic E-state index is 12.8. The molecule has 4 heterocycles. The van der Waals surface area contributed by atoms with Crippen LogP contribution >= 0.6 is 12.1 Å². The van der Waals surface area contributed by atoms with E-state index in [1.807, 2.05) is 117 Å². The molecule has 2 unspecified atom stereocenters. The number of hydrogen-bond acceptors (Lipinski definition) is 14. The molecule has 0 fully saturated rings. The lowest BCUT2D eigenvalue weighted by molar-refractivity contribution is -0.138. The van der Waals surface area contributed by atoms with E-state index in [0.29, 0.717) is 50.5 Å². The van der Waals surface area contributed by atoms with Crippen LogP contribution in [0.2, 0.25) is 0 Å². The minimum Gasteiger partial charge on any atom is -0.478 e. The number of nitrogens with zero attached hydrogens (tertiary/aromatic N) is 8. The van der Waals surface area contributed by atoms with Gasteiger partial charge in [-0.3, -0.25) is 14.4 Å². The second-order valence-corrected chi connectivity index (χ2v) is 30.0. The fraction of sp³-hybridized carbons (Fsp3) is 0.175. The van der Waals surface area contributed by atoms with Gasteiger partial charge in [0.05, 0.1) is 52.0 Å².